The van der Waals surface area contributed by atoms with Crippen molar-refractivity contribution in [2.75, 3.05) is 7.11 Å². The third-order valence-electron chi connectivity index (χ3n) is 6.41. The molecular weight excluding hydrogens is 286 g/mol. The van der Waals surface area contributed by atoms with Gasteiger partial charge in [-0.3, -0.25) is 0 Å². The van der Waals surface area contributed by atoms with E-state index in [4.69, 9.17) is 9.72 Å². The summed E-state index contributed by atoms with van der Waals surface area (Å²) in [5.74, 6) is 4.86. The normalized spacial score (nSPS) is 35.1. The van der Waals surface area contributed by atoms with E-state index in [2.05, 4.69) is 10.3 Å². The molecule has 0 atom stereocenters. The van der Waals surface area contributed by atoms with Crippen LogP contribution in [0.1, 0.15) is 44.3 Å². The van der Waals surface area contributed by atoms with Gasteiger partial charge in [0.2, 0.25) is 0 Å². The molecule has 4 aliphatic carbocycles. The van der Waals surface area contributed by atoms with Crippen LogP contribution in [-0.4, -0.2) is 22.6 Å². The zero-order valence-electron chi connectivity index (χ0n) is 13.8. The van der Waals surface area contributed by atoms with Crippen LogP contribution in [0.5, 0.6) is 5.75 Å². The summed E-state index contributed by atoms with van der Waals surface area (Å²) in [6.07, 6.45) is 8.62. The highest BCUT2D eigenvalue weighted by atomic mass is 16.5. The van der Waals surface area contributed by atoms with Gasteiger partial charge in [-0.2, -0.15) is 0 Å². The first-order valence-corrected chi connectivity index (χ1v) is 8.99. The Balaban J connectivity index is 1.34. The number of aromatic amines is 1. The zero-order valence-corrected chi connectivity index (χ0v) is 13.8. The van der Waals surface area contributed by atoms with Crippen molar-refractivity contribution in [3.8, 4) is 5.75 Å². The molecule has 0 spiro atoms. The quantitative estimate of drug-likeness (QED) is 0.906. The standard InChI is InChI=1S/C19H25N3O/c1-23-15-2-3-16-17(7-15)22-18(21-16)11-20-19-8-12-4-13(9-19)6-14(5-12)10-19/h2-3,7,12-14,20H,4-6,8-11H2,1H3,(H,21,22). The molecule has 4 nitrogen and oxygen atoms in total. The van der Waals surface area contributed by atoms with Crippen molar-refractivity contribution in [3.05, 3.63) is 24.0 Å². The van der Waals surface area contributed by atoms with Crippen LogP contribution in [-0.2, 0) is 6.54 Å². The van der Waals surface area contributed by atoms with Crippen LogP contribution in [0.4, 0.5) is 0 Å². The van der Waals surface area contributed by atoms with E-state index in [0.717, 1.165) is 46.9 Å². The number of methoxy groups -OCH3 is 1. The predicted octanol–water partition coefficient (Wildman–Crippen LogP) is 3.63. The SMILES string of the molecule is COc1ccc2nc(CNC34CC5CC(CC(C5)C3)C4)[nH]c2c1. The number of fused-ring (bicyclic) bond motifs is 1. The first-order chi connectivity index (χ1) is 11.2. The first-order valence-electron chi connectivity index (χ1n) is 8.99. The summed E-state index contributed by atoms with van der Waals surface area (Å²) < 4.78 is 5.29. The lowest BCUT2D eigenvalue weighted by Crippen LogP contribution is -2.58. The number of hydrogen-bond donors (Lipinski definition) is 2. The monoisotopic (exact) mass is 311 g/mol. The van der Waals surface area contributed by atoms with Crippen molar-refractivity contribution in [2.45, 2.75) is 50.6 Å². The topological polar surface area (TPSA) is 49.9 Å². The van der Waals surface area contributed by atoms with Gasteiger partial charge in [-0.15, -0.1) is 0 Å². The Labute approximate surface area is 137 Å². The molecule has 0 radical (unpaired) electrons. The minimum Gasteiger partial charge on any atom is -0.497 e. The number of nitrogens with one attached hydrogen (secondary N) is 2. The highest BCUT2D eigenvalue weighted by Gasteiger charge is 2.50. The number of H-pyrrole nitrogens is 1. The van der Waals surface area contributed by atoms with Gasteiger partial charge in [-0.25, -0.2) is 4.98 Å². The van der Waals surface area contributed by atoms with Gasteiger partial charge in [-0.1, -0.05) is 0 Å². The van der Waals surface area contributed by atoms with Gasteiger partial charge in [0, 0.05) is 11.6 Å². The summed E-state index contributed by atoms with van der Waals surface area (Å²) in [4.78, 5) is 8.18. The molecule has 23 heavy (non-hydrogen) atoms. The number of ether oxygens (including phenoxy) is 1. The van der Waals surface area contributed by atoms with Gasteiger partial charge in [0.25, 0.3) is 0 Å². The van der Waals surface area contributed by atoms with Gasteiger partial charge >= 0.3 is 0 Å². The fourth-order valence-electron chi connectivity index (χ4n) is 5.85. The van der Waals surface area contributed by atoms with E-state index in [0.29, 0.717) is 5.54 Å². The molecule has 2 N–H and O–H groups in total. The third-order valence-corrected chi connectivity index (χ3v) is 6.41. The van der Waals surface area contributed by atoms with Crippen molar-refractivity contribution in [1.29, 1.82) is 0 Å². The summed E-state index contributed by atoms with van der Waals surface area (Å²) in [5, 5.41) is 3.91. The fraction of sp³-hybridized carbons (Fsp3) is 0.632. The summed E-state index contributed by atoms with van der Waals surface area (Å²) in [5.41, 5.74) is 2.48. The summed E-state index contributed by atoms with van der Waals surface area (Å²) in [6.45, 7) is 0.850. The second kappa shape index (κ2) is 4.97. The second-order valence-electron chi connectivity index (χ2n) is 8.12. The number of hydrogen-bond acceptors (Lipinski definition) is 3. The lowest BCUT2D eigenvalue weighted by atomic mass is 9.53. The Kier molecular flexibility index (Phi) is 2.99. The highest BCUT2D eigenvalue weighted by molar-refractivity contribution is 5.76. The van der Waals surface area contributed by atoms with E-state index in [-0.39, 0.29) is 0 Å². The molecule has 0 aliphatic heterocycles. The molecule has 0 unspecified atom stereocenters. The average Bonchev–Trinajstić information content (AvgIpc) is 2.93. The molecule has 0 amide bonds. The van der Waals surface area contributed by atoms with Crippen LogP contribution in [0.15, 0.2) is 18.2 Å². The Morgan fingerprint density at radius 3 is 2.52 bits per heavy atom. The molecule has 1 aromatic heterocycles. The van der Waals surface area contributed by atoms with Crippen LogP contribution in [0, 0.1) is 17.8 Å². The molecule has 122 valence electrons. The van der Waals surface area contributed by atoms with E-state index >= 15 is 0 Å². The predicted molar refractivity (Wildman–Crippen MR) is 90.4 cm³/mol. The van der Waals surface area contributed by atoms with Gasteiger partial charge < -0.3 is 15.0 Å². The fourth-order valence-corrected chi connectivity index (χ4v) is 5.85. The number of rotatable bonds is 4. The lowest BCUT2D eigenvalue weighted by molar-refractivity contribution is -0.0208. The molecule has 6 rings (SSSR count). The molecule has 4 heteroatoms. The smallest absolute Gasteiger partial charge is 0.121 e. The van der Waals surface area contributed by atoms with Gasteiger partial charge in [0.1, 0.15) is 11.6 Å². The van der Waals surface area contributed by atoms with Gasteiger partial charge in [0.05, 0.1) is 24.7 Å². The average molecular weight is 311 g/mol. The molecule has 4 fully saturated rings. The van der Waals surface area contributed by atoms with E-state index in [1.807, 2.05) is 18.2 Å². The van der Waals surface area contributed by atoms with Crippen LogP contribution < -0.4 is 10.1 Å². The van der Waals surface area contributed by atoms with Gasteiger partial charge in [-0.05, 0) is 68.4 Å². The Morgan fingerprint density at radius 1 is 1.17 bits per heavy atom. The van der Waals surface area contributed by atoms with Gasteiger partial charge in [0.15, 0.2) is 0 Å². The zero-order chi connectivity index (χ0) is 15.4. The van der Waals surface area contributed by atoms with Crippen LogP contribution in [0.2, 0.25) is 0 Å². The maximum Gasteiger partial charge on any atom is 0.121 e. The summed E-state index contributed by atoms with van der Waals surface area (Å²) >= 11 is 0. The lowest BCUT2D eigenvalue weighted by Gasteiger charge is -2.57. The van der Waals surface area contributed by atoms with E-state index in [9.17, 15) is 0 Å². The molecular formula is C19H25N3O. The van der Waals surface area contributed by atoms with Crippen LogP contribution in [0.25, 0.3) is 11.0 Å². The molecule has 4 saturated carbocycles. The van der Waals surface area contributed by atoms with Crippen molar-refractivity contribution in [2.24, 2.45) is 17.8 Å². The molecule has 4 bridgehead atoms. The maximum absolute atomic E-state index is 5.29. The Hall–Kier alpha value is -1.55. The maximum atomic E-state index is 5.29. The molecule has 2 aromatic rings. The van der Waals surface area contributed by atoms with Crippen LogP contribution in [0.3, 0.4) is 0 Å². The number of imidazole rings is 1. The first kappa shape index (κ1) is 13.8. The van der Waals surface area contributed by atoms with Crippen molar-refractivity contribution >= 4 is 11.0 Å². The largest absolute Gasteiger partial charge is 0.497 e. The van der Waals surface area contributed by atoms with E-state index < -0.39 is 0 Å². The number of benzene rings is 1. The minimum atomic E-state index is 0.394. The Bertz CT molecular complexity index is 700. The number of aromatic nitrogens is 2. The Morgan fingerprint density at radius 2 is 1.87 bits per heavy atom. The van der Waals surface area contributed by atoms with Crippen molar-refractivity contribution < 1.29 is 4.74 Å². The molecule has 4 aliphatic rings. The van der Waals surface area contributed by atoms with E-state index in [1.54, 1.807) is 7.11 Å². The van der Waals surface area contributed by atoms with Crippen molar-refractivity contribution in [3.63, 3.8) is 0 Å². The van der Waals surface area contributed by atoms with Crippen molar-refractivity contribution in [1.82, 2.24) is 15.3 Å². The highest BCUT2D eigenvalue weighted by Crippen LogP contribution is 2.55. The third kappa shape index (κ3) is 2.35. The summed E-state index contributed by atoms with van der Waals surface area (Å²) in [7, 11) is 1.70. The number of nitrogens with zero attached hydrogens (tertiary/aromatic N) is 1. The second-order valence-corrected chi connectivity index (χ2v) is 8.12. The molecule has 1 heterocycles. The summed E-state index contributed by atoms with van der Waals surface area (Å²) in [6, 6.07) is 6.02. The van der Waals surface area contributed by atoms with E-state index in [1.165, 1.54) is 38.5 Å². The minimum absolute atomic E-state index is 0.394. The molecule has 0 saturated heterocycles. The molecule has 1 aromatic carbocycles. The van der Waals surface area contributed by atoms with Crippen LogP contribution >= 0.6 is 0 Å².